The first-order valence-electron chi connectivity index (χ1n) is 11.4. The summed E-state index contributed by atoms with van der Waals surface area (Å²) < 4.78 is 15.2. The van der Waals surface area contributed by atoms with Gasteiger partial charge in [0.15, 0.2) is 11.5 Å². The number of hydrogen-bond acceptors (Lipinski definition) is 8. The third-order valence-corrected chi connectivity index (χ3v) is 5.50. The van der Waals surface area contributed by atoms with Crippen LogP contribution in [0, 0.1) is 18.8 Å². The lowest BCUT2D eigenvalue weighted by Gasteiger charge is -2.28. The summed E-state index contributed by atoms with van der Waals surface area (Å²) in [5.41, 5.74) is -0.855. The van der Waals surface area contributed by atoms with Crippen molar-refractivity contribution in [2.75, 3.05) is 20.3 Å². The molecule has 0 radical (unpaired) electrons. The minimum Gasteiger partial charge on any atom is -0.382 e. The Morgan fingerprint density at radius 2 is 1.74 bits per heavy atom. The van der Waals surface area contributed by atoms with Gasteiger partial charge >= 0.3 is 0 Å². The van der Waals surface area contributed by atoms with E-state index in [1.807, 2.05) is 13.8 Å². The number of rotatable bonds is 13. The molecule has 0 spiro atoms. The SMILES string of the molecule is COCC(NC(=O)c1cc(C)on1)C(=O)N[C@H](C(=O)NC(CC(C)C)C(=O)[C@@]1(C)CO1)C(C)C. The van der Waals surface area contributed by atoms with Gasteiger partial charge in [0, 0.05) is 13.2 Å². The second kappa shape index (κ2) is 11.6. The Hall–Kier alpha value is -2.79. The lowest BCUT2D eigenvalue weighted by molar-refractivity contribution is -0.134. The molecule has 2 heterocycles. The summed E-state index contributed by atoms with van der Waals surface area (Å²) in [4.78, 5) is 51.4. The van der Waals surface area contributed by atoms with Crippen molar-refractivity contribution < 1.29 is 33.2 Å². The van der Waals surface area contributed by atoms with Gasteiger partial charge in [-0.2, -0.15) is 0 Å². The zero-order valence-electron chi connectivity index (χ0n) is 20.9. The largest absolute Gasteiger partial charge is 0.382 e. The van der Waals surface area contributed by atoms with Gasteiger partial charge in [-0.05, 0) is 32.1 Å². The number of ether oxygens (including phenoxy) is 2. The van der Waals surface area contributed by atoms with E-state index in [4.69, 9.17) is 14.0 Å². The maximum absolute atomic E-state index is 13.1. The molecule has 0 bridgehead atoms. The van der Waals surface area contributed by atoms with Gasteiger partial charge in [-0.15, -0.1) is 0 Å². The molecule has 1 saturated heterocycles. The smallest absolute Gasteiger partial charge is 0.274 e. The number of nitrogens with zero attached hydrogens (tertiary/aromatic N) is 1. The molecule has 3 N–H and O–H groups in total. The van der Waals surface area contributed by atoms with Crippen molar-refractivity contribution in [3.63, 3.8) is 0 Å². The molecule has 1 fully saturated rings. The molecule has 1 aromatic rings. The minimum atomic E-state index is -1.07. The topological polar surface area (TPSA) is 152 Å². The van der Waals surface area contributed by atoms with Gasteiger partial charge in [0.05, 0.1) is 19.3 Å². The van der Waals surface area contributed by atoms with Gasteiger partial charge in [-0.3, -0.25) is 19.2 Å². The number of ketones is 1. The zero-order chi connectivity index (χ0) is 25.6. The molecular weight excluding hydrogens is 444 g/mol. The number of epoxide rings is 1. The molecule has 2 rings (SSSR count). The molecule has 0 saturated carbocycles. The summed E-state index contributed by atoms with van der Waals surface area (Å²) in [6.07, 6.45) is 0.446. The van der Waals surface area contributed by atoms with Crippen molar-refractivity contribution in [3.05, 3.63) is 17.5 Å². The number of Topliss-reactive ketones (excluding diaryl/α,β-unsaturated/α-hetero) is 1. The first-order chi connectivity index (χ1) is 15.9. The monoisotopic (exact) mass is 480 g/mol. The Labute approximate surface area is 199 Å². The van der Waals surface area contributed by atoms with Crippen LogP contribution in [0.1, 0.15) is 57.3 Å². The summed E-state index contributed by atoms with van der Waals surface area (Å²) in [5, 5.41) is 11.7. The van der Waals surface area contributed by atoms with Crippen LogP contribution < -0.4 is 16.0 Å². The number of aromatic nitrogens is 1. The maximum Gasteiger partial charge on any atom is 0.274 e. The van der Waals surface area contributed by atoms with Gasteiger partial charge in [0.1, 0.15) is 23.4 Å². The standard InChI is InChI=1S/C23H36N4O7/c1-12(2)8-15(19(28)23(6)11-33-23)24-22(31)18(13(3)4)26-21(30)17(10-32-7)25-20(29)16-9-14(5)34-27-16/h9,12-13,15,17-18H,8,10-11H2,1-7H3,(H,24,31)(H,25,29)(H,26,30)/t15?,17?,18-,23+/m0/s1. The summed E-state index contributed by atoms with van der Waals surface area (Å²) in [7, 11) is 1.39. The Kier molecular flexibility index (Phi) is 9.34. The maximum atomic E-state index is 13.1. The molecule has 0 aromatic carbocycles. The molecule has 2 unspecified atom stereocenters. The molecule has 0 aliphatic carbocycles. The van der Waals surface area contributed by atoms with Crippen LogP contribution in [-0.2, 0) is 23.9 Å². The molecular formula is C23H36N4O7. The van der Waals surface area contributed by atoms with E-state index in [1.165, 1.54) is 13.2 Å². The Bertz CT molecular complexity index is 892. The number of carbonyl (C=O) groups is 4. The van der Waals surface area contributed by atoms with Crippen LogP contribution in [0.2, 0.25) is 0 Å². The highest BCUT2D eigenvalue weighted by atomic mass is 16.6. The average Bonchev–Trinajstić information content (AvgIpc) is 3.35. The van der Waals surface area contributed by atoms with Gasteiger partial charge in [0.25, 0.3) is 5.91 Å². The fraction of sp³-hybridized carbons (Fsp3) is 0.696. The number of hydrogen-bond donors (Lipinski definition) is 3. The van der Waals surface area contributed by atoms with Gasteiger partial charge in [-0.1, -0.05) is 32.9 Å². The lowest BCUT2D eigenvalue weighted by Crippen LogP contribution is -2.59. The molecule has 3 amide bonds. The second-order valence-electron chi connectivity index (χ2n) is 9.61. The van der Waals surface area contributed by atoms with E-state index in [-0.39, 0.29) is 29.9 Å². The highest BCUT2D eigenvalue weighted by Crippen LogP contribution is 2.29. The number of carbonyl (C=O) groups excluding carboxylic acids is 4. The molecule has 4 atom stereocenters. The average molecular weight is 481 g/mol. The van der Waals surface area contributed by atoms with E-state index >= 15 is 0 Å². The van der Waals surface area contributed by atoms with Crippen LogP contribution in [0.5, 0.6) is 0 Å². The Morgan fingerprint density at radius 1 is 1.09 bits per heavy atom. The van der Waals surface area contributed by atoms with Crippen molar-refractivity contribution >= 4 is 23.5 Å². The molecule has 1 aliphatic rings. The third kappa shape index (κ3) is 7.36. The van der Waals surface area contributed by atoms with Crippen molar-refractivity contribution in [1.29, 1.82) is 0 Å². The number of amides is 3. The van der Waals surface area contributed by atoms with Crippen LogP contribution >= 0.6 is 0 Å². The number of aryl methyl sites for hydroxylation is 1. The second-order valence-corrected chi connectivity index (χ2v) is 9.61. The fourth-order valence-electron chi connectivity index (χ4n) is 3.43. The van der Waals surface area contributed by atoms with E-state index in [1.54, 1.807) is 27.7 Å². The molecule has 11 heteroatoms. The highest BCUT2D eigenvalue weighted by molar-refractivity contribution is 5.99. The van der Waals surface area contributed by atoms with E-state index < -0.39 is 41.4 Å². The Morgan fingerprint density at radius 3 is 2.21 bits per heavy atom. The van der Waals surface area contributed by atoms with Gasteiger partial charge in [0.2, 0.25) is 11.8 Å². The van der Waals surface area contributed by atoms with E-state index in [2.05, 4.69) is 21.1 Å². The minimum absolute atomic E-state index is 0.0235. The lowest BCUT2D eigenvalue weighted by atomic mass is 9.92. The van der Waals surface area contributed by atoms with Crippen LogP contribution in [-0.4, -0.2) is 72.7 Å². The first kappa shape index (κ1) is 27.5. The van der Waals surface area contributed by atoms with Crippen molar-refractivity contribution in [2.24, 2.45) is 11.8 Å². The van der Waals surface area contributed by atoms with Gasteiger partial charge in [-0.25, -0.2) is 0 Å². The predicted octanol–water partition coefficient (Wildman–Crippen LogP) is 0.758. The predicted molar refractivity (Wildman–Crippen MR) is 122 cm³/mol. The molecule has 1 aromatic heterocycles. The van der Waals surface area contributed by atoms with Crippen LogP contribution in [0.4, 0.5) is 0 Å². The van der Waals surface area contributed by atoms with Crippen molar-refractivity contribution in [3.8, 4) is 0 Å². The van der Waals surface area contributed by atoms with Crippen LogP contribution in [0.3, 0.4) is 0 Å². The van der Waals surface area contributed by atoms with E-state index in [9.17, 15) is 19.2 Å². The summed E-state index contributed by atoms with van der Waals surface area (Å²) >= 11 is 0. The quantitative estimate of drug-likeness (QED) is 0.350. The first-order valence-corrected chi connectivity index (χ1v) is 11.4. The zero-order valence-corrected chi connectivity index (χ0v) is 20.9. The fourth-order valence-corrected chi connectivity index (χ4v) is 3.43. The van der Waals surface area contributed by atoms with E-state index in [0.29, 0.717) is 18.8 Å². The highest BCUT2D eigenvalue weighted by Gasteiger charge is 2.50. The molecule has 190 valence electrons. The van der Waals surface area contributed by atoms with E-state index in [0.717, 1.165) is 0 Å². The summed E-state index contributed by atoms with van der Waals surface area (Å²) in [5.74, 6) is -1.57. The number of methoxy groups -OCH3 is 1. The molecule has 11 nitrogen and oxygen atoms in total. The summed E-state index contributed by atoms with van der Waals surface area (Å²) in [6.45, 7) is 11.0. The van der Waals surface area contributed by atoms with Crippen LogP contribution in [0.25, 0.3) is 0 Å². The van der Waals surface area contributed by atoms with Gasteiger partial charge < -0.3 is 29.9 Å². The molecule has 34 heavy (non-hydrogen) atoms. The third-order valence-electron chi connectivity index (χ3n) is 5.50. The number of nitrogens with one attached hydrogen (secondary N) is 3. The summed E-state index contributed by atoms with van der Waals surface area (Å²) in [6, 6.07) is -1.30. The van der Waals surface area contributed by atoms with Crippen molar-refractivity contribution in [1.82, 2.24) is 21.1 Å². The normalized spacial score (nSPS) is 19.9. The molecule has 1 aliphatic heterocycles. The van der Waals surface area contributed by atoms with Crippen LogP contribution in [0.15, 0.2) is 10.6 Å². The Balaban J connectivity index is 2.10. The van der Waals surface area contributed by atoms with Crippen molar-refractivity contribution in [2.45, 2.75) is 71.7 Å².